The fourth-order valence-electron chi connectivity index (χ4n) is 3.06. The number of benzene rings is 2. The predicted octanol–water partition coefficient (Wildman–Crippen LogP) is 3.56. The minimum atomic E-state index is -0.905. The molecule has 1 aliphatic rings. The van der Waals surface area contributed by atoms with E-state index in [-0.39, 0.29) is 25.5 Å². The van der Waals surface area contributed by atoms with Gasteiger partial charge >= 0.3 is 12.1 Å². The van der Waals surface area contributed by atoms with Gasteiger partial charge in [-0.1, -0.05) is 60.7 Å². The Kier molecular flexibility index (Phi) is 5.14. The summed E-state index contributed by atoms with van der Waals surface area (Å²) in [6.07, 6.45) is 2.51. The number of aliphatic carboxylic acids is 1. The first-order valence-corrected chi connectivity index (χ1v) is 8.12. The highest BCUT2D eigenvalue weighted by Gasteiger charge is 2.28. The Morgan fingerprint density at radius 2 is 1.60 bits per heavy atom. The van der Waals surface area contributed by atoms with E-state index in [0.717, 1.165) is 11.1 Å². The van der Waals surface area contributed by atoms with Crippen LogP contribution in [0.3, 0.4) is 0 Å². The minimum absolute atomic E-state index is 0.0284. The van der Waals surface area contributed by atoms with Gasteiger partial charge in [0.15, 0.2) is 0 Å². The minimum Gasteiger partial charge on any atom is -0.481 e. The standard InChI is InChI=1S/C20H19NO4/c22-19(23)11-5-6-12-21-20(24)25-13-18-16-9-3-1-7-14(16)15-8-2-4-10-17(15)18/h1-10,18H,11-13H2,(H,21,24)(H,22,23)/b6-5-. The number of carbonyl (C=O) groups is 2. The van der Waals surface area contributed by atoms with Crippen LogP contribution in [0.5, 0.6) is 0 Å². The van der Waals surface area contributed by atoms with Gasteiger partial charge in [0.1, 0.15) is 6.61 Å². The summed E-state index contributed by atoms with van der Waals surface area (Å²) in [7, 11) is 0. The Balaban J connectivity index is 1.59. The van der Waals surface area contributed by atoms with E-state index >= 15 is 0 Å². The summed E-state index contributed by atoms with van der Waals surface area (Å²) in [4.78, 5) is 22.2. The second-order valence-electron chi connectivity index (χ2n) is 5.78. The van der Waals surface area contributed by atoms with Crippen LogP contribution in [0.1, 0.15) is 23.5 Å². The van der Waals surface area contributed by atoms with Crippen LogP contribution in [0.15, 0.2) is 60.7 Å². The topological polar surface area (TPSA) is 75.6 Å². The maximum absolute atomic E-state index is 11.8. The van der Waals surface area contributed by atoms with Crippen molar-refractivity contribution in [3.63, 3.8) is 0 Å². The van der Waals surface area contributed by atoms with E-state index in [9.17, 15) is 9.59 Å². The predicted molar refractivity (Wildman–Crippen MR) is 94.5 cm³/mol. The van der Waals surface area contributed by atoms with Gasteiger partial charge < -0.3 is 15.2 Å². The summed E-state index contributed by atoms with van der Waals surface area (Å²) < 4.78 is 5.37. The summed E-state index contributed by atoms with van der Waals surface area (Å²) in [5.41, 5.74) is 4.70. The van der Waals surface area contributed by atoms with Crippen molar-refractivity contribution in [2.75, 3.05) is 13.2 Å². The van der Waals surface area contributed by atoms with Crippen molar-refractivity contribution in [1.29, 1.82) is 0 Å². The summed E-state index contributed by atoms with van der Waals surface area (Å²) in [6, 6.07) is 16.3. The van der Waals surface area contributed by atoms with E-state index in [0.29, 0.717) is 0 Å². The molecule has 0 aliphatic heterocycles. The zero-order valence-corrected chi connectivity index (χ0v) is 13.6. The number of rotatable bonds is 6. The molecule has 0 spiro atoms. The monoisotopic (exact) mass is 337 g/mol. The molecule has 0 saturated carbocycles. The average molecular weight is 337 g/mol. The van der Waals surface area contributed by atoms with Crippen LogP contribution >= 0.6 is 0 Å². The molecule has 0 aromatic heterocycles. The van der Waals surface area contributed by atoms with Crippen molar-refractivity contribution in [2.45, 2.75) is 12.3 Å². The van der Waals surface area contributed by atoms with Gasteiger partial charge in [0, 0.05) is 12.5 Å². The number of hydrogen-bond acceptors (Lipinski definition) is 3. The number of carbonyl (C=O) groups excluding carboxylic acids is 1. The molecular weight excluding hydrogens is 318 g/mol. The van der Waals surface area contributed by atoms with E-state index in [1.807, 2.05) is 24.3 Å². The number of fused-ring (bicyclic) bond motifs is 3. The van der Waals surface area contributed by atoms with E-state index in [2.05, 4.69) is 29.6 Å². The van der Waals surface area contributed by atoms with Crippen molar-refractivity contribution in [1.82, 2.24) is 5.32 Å². The SMILES string of the molecule is O=C(O)C/C=C\CNC(=O)OCC1c2ccccc2-c2ccccc21. The number of alkyl carbamates (subject to hydrolysis) is 1. The lowest BCUT2D eigenvalue weighted by Gasteiger charge is -2.14. The number of amides is 1. The quantitative estimate of drug-likeness (QED) is 0.790. The van der Waals surface area contributed by atoms with E-state index in [1.54, 1.807) is 6.08 Å². The second-order valence-corrected chi connectivity index (χ2v) is 5.78. The fraction of sp³-hybridized carbons (Fsp3) is 0.200. The zero-order chi connectivity index (χ0) is 17.6. The van der Waals surface area contributed by atoms with Crippen molar-refractivity contribution in [3.8, 4) is 11.1 Å². The Bertz CT molecular complexity index is 767. The maximum atomic E-state index is 11.8. The van der Waals surface area contributed by atoms with Crippen LogP contribution in [0.4, 0.5) is 4.79 Å². The molecule has 0 heterocycles. The highest BCUT2D eigenvalue weighted by Crippen LogP contribution is 2.44. The van der Waals surface area contributed by atoms with Gasteiger partial charge in [-0.05, 0) is 22.3 Å². The smallest absolute Gasteiger partial charge is 0.407 e. The molecule has 128 valence electrons. The van der Waals surface area contributed by atoms with Gasteiger partial charge in [-0.15, -0.1) is 0 Å². The molecule has 0 saturated heterocycles. The summed E-state index contributed by atoms with van der Waals surface area (Å²) >= 11 is 0. The van der Waals surface area contributed by atoms with Crippen LogP contribution in [-0.4, -0.2) is 30.3 Å². The first-order chi connectivity index (χ1) is 12.2. The second kappa shape index (κ2) is 7.66. The molecular formula is C20H19NO4. The third-order valence-corrected chi connectivity index (χ3v) is 4.17. The molecule has 1 aliphatic carbocycles. The van der Waals surface area contributed by atoms with Crippen LogP contribution in [0, 0.1) is 0 Å². The van der Waals surface area contributed by atoms with Gasteiger partial charge in [0.25, 0.3) is 0 Å². The zero-order valence-electron chi connectivity index (χ0n) is 13.6. The summed E-state index contributed by atoms with van der Waals surface area (Å²) in [5, 5.41) is 11.1. The number of ether oxygens (including phenoxy) is 1. The van der Waals surface area contributed by atoms with Crippen molar-refractivity contribution < 1.29 is 19.4 Å². The molecule has 5 heteroatoms. The maximum Gasteiger partial charge on any atom is 0.407 e. The molecule has 25 heavy (non-hydrogen) atoms. The first-order valence-electron chi connectivity index (χ1n) is 8.12. The number of nitrogens with one attached hydrogen (secondary N) is 1. The summed E-state index contributed by atoms with van der Waals surface area (Å²) in [6.45, 7) is 0.503. The molecule has 2 aromatic rings. The average Bonchev–Trinajstić information content (AvgIpc) is 2.93. The molecule has 2 aromatic carbocycles. The Labute approximate surface area is 145 Å². The highest BCUT2D eigenvalue weighted by molar-refractivity contribution is 5.79. The molecule has 0 unspecified atom stereocenters. The first kappa shape index (κ1) is 16.8. The number of hydrogen-bond donors (Lipinski definition) is 2. The molecule has 0 bridgehead atoms. The highest BCUT2D eigenvalue weighted by atomic mass is 16.5. The lowest BCUT2D eigenvalue weighted by atomic mass is 9.98. The fourth-order valence-corrected chi connectivity index (χ4v) is 3.06. The molecule has 3 rings (SSSR count). The lowest BCUT2D eigenvalue weighted by molar-refractivity contribution is -0.136. The van der Waals surface area contributed by atoms with Gasteiger partial charge in [-0.2, -0.15) is 0 Å². The van der Waals surface area contributed by atoms with E-state index in [1.165, 1.54) is 17.2 Å². The molecule has 5 nitrogen and oxygen atoms in total. The largest absolute Gasteiger partial charge is 0.481 e. The van der Waals surface area contributed by atoms with Gasteiger partial charge in [-0.3, -0.25) is 4.79 Å². The van der Waals surface area contributed by atoms with Crippen LogP contribution in [-0.2, 0) is 9.53 Å². The van der Waals surface area contributed by atoms with Crippen LogP contribution < -0.4 is 5.32 Å². The summed E-state index contributed by atoms with van der Waals surface area (Å²) in [5.74, 6) is -0.877. The van der Waals surface area contributed by atoms with Crippen LogP contribution in [0.25, 0.3) is 11.1 Å². The Hall–Kier alpha value is -3.08. The number of carboxylic acid groups (broad SMARTS) is 1. The van der Waals surface area contributed by atoms with Gasteiger partial charge in [-0.25, -0.2) is 4.79 Å². The lowest BCUT2D eigenvalue weighted by Crippen LogP contribution is -2.26. The normalized spacial score (nSPS) is 12.6. The molecule has 2 N–H and O–H groups in total. The van der Waals surface area contributed by atoms with E-state index in [4.69, 9.17) is 9.84 Å². The number of carboxylic acids is 1. The Morgan fingerprint density at radius 1 is 1.00 bits per heavy atom. The Morgan fingerprint density at radius 3 is 2.20 bits per heavy atom. The van der Waals surface area contributed by atoms with E-state index < -0.39 is 12.1 Å². The molecule has 0 atom stereocenters. The third-order valence-electron chi connectivity index (χ3n) is 4.17. The third kappa shape index (κ3) is 3.88. The molecule has 1 amide bonds. The molecule has 0 radical (unpaired) electrons. The van der Waals surface area contributed by atoms with Crippen molar-refractivity contribution in [3.05, 3.63) is 71.8 Å². The van der Waals surface area contributed by atoms with Gasteiger partial charge in [0.2, 0.25) is 0 Å². The molecule has 0 fully saturated rings. The van der Waals surface area contributed by atoms with Gasteiger partial charge in [0.05, 0.1) is 6.42 Å². The van der Waals surface area contributed by atoms with Crippen molar-refractivity contribution in [2.24, 2.45) is 0 Å². The van der Waals surface area contributed by atoms with Crippen molar-refractivity contribution >= 4 is 12.1 Å². The van der Waals surface area contributed by atoms with Crippen LogP contribution in [0.2, 0.25) is 0 Å².